The molecule has 104 valence electrons. The van der Waals surface area contributed by atoms with Gasteiger partial charge >= 0.3 is 0 Å². The summed E-state index contributed by atoms with van der Waals surface area (Å²) < 4.78 is 0. The third-order valence-corrected chi connectivity index (χ3v) is 2.90. The molecule has 0 aliphatic rings. The molecule has 0 saturated heterocycles. The molecule has 0 aliphatic heterocycles. The Morgan fingerprint density at radius 1 is 1.25 bits per heavy atom. The van der Waals surface area contributed by atoms with Gasteiger partial charge in [0, 0.05) is 26.0 Å². The van der Waals surface area contributed by atoms with E-state index in [9.17, 15) is 4.79 Å². The fourth-order valence-corrected chi connectivity index (χ4v) is 1.89. The summed E-state index contributed by atoms with van der Waals surface area (Å²) in [4.78, 5) is 18.0. The maximum absolute atomic E-state index is 12.1. The van der Waals surface area contributed by atoms with E-state index < -0.39 is 0 Å². The lowest BCUT2D eigenvalue weighted by molar-refractivity contribution is -0.115. The van der Waals surface area contributed by atoms with Crippen LogP contribution in [0.2, 0.25) is 0 Å². The Morgan fingerprint density at radius 3 is 2.60 bits per heavy atom. The van der Waals surface area contributed by atoms with Crippen molar-refractivity contribution >= 4 is 23.0 Å². The summed E-state index contributed by atoms with van der Waals surface area (Å²) in [6.07, 6.45) is 3.66. The quantitative estimate of drug-likeness (QED) is 0.833. The van der Waals surface area contributed by atoms with E-state index in [2.05, 4.69) is 10.3 Å². The van der Waals surface area contributed by atoms with Crippen molar-refractivity contribution in [1.82, 2.24) is 4.98 Å². The molecule has 2 rings (SSSR count). The van der Waals surface area contributed by atoms with Gasteiger partial charge in [-0.1, -0.05) is 12.1 Å². The van der Waals surface area contributed by atoms with Crippen LogP contribution >= 0.6 is 0 Å². The molecular formula is C15H18N4O. The minimum atomic E-state index is -0.0779. The van der Waals surface area contributed by atoms with Gasteiger partial charge in [-0.15, -0.1) is 0 Å². The molecule has 0 aliphatic carbocycles. The molecule has 0 unspecified atom stereocenters. The second kappa shape index (κ2) is 6.06. The van der Waals surface area contributed by atoms with Gasteiger partial charge in [-0.05, 0) is 23.8 Å². The molecule has 1 amide bonds. The largest absolute Gasteiger partial charge is 0.399 e. The predicted molar refractivity (Wildman–Crippen MR) is 81.8 cm³/mol. The van der Waals surface area contributed by atoms with Crippen LogP contribution in [-0.4, -0.2) is 25.0 Å². The molecule has 1 aromatic carbocycles. The maximum Gasteiger partial charge on any atom is 0.228 e. The van der Waals surface area contributed by atoms with Crippen LogP contribution in [-0.2, 0) is 11.2 Å². The number of amides is 1. The monoisotopic (exact) mass is 270 g/mol. The van der Waals surface area contributed by atoms with E-state index in [4.69, 9.17) is 5.73 Å². The van der Waals surface area contributed by atoms with Gasteiger partial charge in [0.1, 0.15) is 0 Å². The fourth-order valence-electron chi connectivity index (χ4n) is 1.89. The van der Waals surface area contributed by atoms with Crippen LogP contribution in [0, 0.1) is 0 Å². The first-order valence-electron chi connectivity index (χ1n) is 6.32. The smallest absolute Gasteiger partial charge is 0.228 e. The average molecular weight is 270 g/mol. The zero-order chi connectivity index (χ0) is 14.5. The number of nitrogens with one attached hydrogen (secondary N) is 1. The first-order chi connectivity index (χ1) is 9.56. The van der Waals surface area contributed by atoms with E-state index in [1.54, 1.807) is 24.5 Å². The Balaban J connectivity index is 2.07. The zero-order valence-electron chi connectivity index (χ0n) is 11.6. The maximum atomic E-state index is 12.1. The Bertz CT molecular complexity index is 593. The third kappa shape index (κ3) is 3.47. The van der Waals surface area contributed by atoms with E-state index in [1.165, 1.54) is 0 Å². The van der Waals surface area contributed by atoms with Crippen molar-refractivity contribution in [3.63, 3.8) is 0 Å². The fraction of sp³-hybridized carbons (Fsp3) is 0.200. The first kappa shape index (κ1) is 13.9. The molecule has 0 spiro atoms. The van der Waals surface area contributed by atoms with Crippen LogP contribution in [0.5, 0.6) is 0 Å². The van der Waals surface area contributed by atoms with Gasteiger partial charge in [0.05, 0.1) is 24.0 Å². The molecule has 1 aromatic heterocycles. The van der Waals surface area contributed by atoms with Crippen molar-refractivity contribution in [2.24, 2.45) is 0 Å². The number of rotatable bonds is 4. The highest BCUT2D eigenvalue weighted by Gasteiger charge is 2.09. The molecule has 2 aromatic rings. The minimum Gasteiger partial charge on any atom is -0.399 e. The molecule has 0 fully saturated rings. The van der Waals surface area contributed by atoms with Crippen LogP contribution < -0.4 is 16.0 Å². The van der Waals surface area contributed by atoms with Gasteiger partial charge < -0.3 is 16.0 Å². The second-order valence-electron chi connectivity index (χ2n) is 4.75. The van der Waals surface area contributed by atoms with Gasteiger partial charge in [-0.2, -0.15) is 0 Å². The Labute approximate surface area is 118 Å². The van der Waals surface area contributed by atoms with E-state index in [0.717, 1.165) is 11.3 Å². The van der Waals surface area contributed by atoms with Gasteiger partial charge in [0.2, 0.25) is 5.91 Å². The Kier molecular flexibility index (Phi) is 4.20. The molecule has 1 heterocycles. The first-order valence-corrected chi connectivity index (χ1v) is 6.32. The number of benzene rings is 1. The summed E-state index contributed by atoms with van der Waals surface area (Å²) in [5.41, 5.74) is 8.86. The molecule has 5 nitrogen and oxygen atoms in total. The lowest BCUT2D eigenvalue weighted by atomic mass is 10.1. The minimum absolute atomic E-state index is 0.0779. The number of aromatic nitrogens is 1. The topological polar surface area (TPSA) is 71.2 Å². The van der Waals surface area contributed by atoms with E-state index in [-0.39, 0.29) is 5.91 Å². The van der Waals surface area contributed by atoms with E-state index in [1.807, 2.05) is 37.2 Å². The average Bonchev–Trinajstić information content (AvgIpc) is 2.41. The van der Waals surface area contributed by atoms with E-state index in [0.29, 0.717) is 17.8 Å². The summed E-state index contributed by atoms with van der Waals surface area (Å²) in [5, 5.41) is 2.88. The number of nitrogens with zero attached hydrogens (tertiary/aromatic N) is 2. The van der Waals surface area contributed by atoms with Crippen molar-refractivity contribution in [2.45, 2.75) is 6.42 Å². The van der Waals surface area contributed by atoms with Gasteiger partial charge in [0.25, 0.3) is 0 Å². The number of anilines is 3. The lowest BCUT2D eigenvalue weighted by Gasteiger charge is -2.17. The summed E-state index contributed by atoms with van der Waals surface area (Å²) in [5.74, 6) is -0.0779. The highest BCUT2D eigenvalue weighted by Crippen LogP contribution is 2.22. The number of nitrogen functional groups attached to an aromatic ring is 1. The third-order valence-electron chi connectivity index (χ3n) is 2.90. The highest BCUT2D eigenvalue weighted by molar-refractivity contribution is 5.95. The SMILES string of the molecule is CN(C)c1ccncc1NC(=O)Cc1ccc(N)cc1. The van der Waals surface area contributed by atoms with Crippen LogP contribution in [0.1, 0.15) is 5.56 Å². The number of carbonyl (C=O) groups excluding carboxylic acids is 1. The number of hydrogen-bond donors (Lipinski definition) is 2. The van der Waals surface area contributed by atoms with Crippen molar-refractivity contribution in [3.8, 4) is 0 Å². The van der Waals surface area contributed by atoms with Gasteiger partial charge in [-0.25, -0.2) is 0 Å². The number of carbonyl (C=O) groups is 1. The standard InChI is InChI=1S/C15H18N4O/c1-19(2)14-7-8-17-10-13(14)18-15(20)9-11-3-5-12(16)6-4-11/h3-8,10H,9,16H2,1-2H3,(H,18,20). The molecular weight excluding hydrogens is 252 g/mol. The predicted octanol–water partition coefficient (Wildman–Crippen LogP) is 1.91. The molecule has 20 heavy (non-hydrogen) atoms. The zero-order valence-corrected chi connectivity index (χ0v) is 11.6. The second-order valence-corrected chi connectivity index (χ2v) is 4.75. The van der Waals surface area contributed by atoms with Crippen LogP contribution in [0.3, 0.4) is 0 Å². The van der Waals surface area contributed by atoms with Crippen LogP contribution in [0.4, 0.5) is 17.1 Å². The number of nitrogens with two attached hydrogens (primary N) is 1. The number of pyridine rings is 1. The van der Waals surface area contributed by atoms with Crippen LogP contribution in [0.25, 0.3) is 0 Å². The summed E-state index contributed by atoms with van der Waals surface area (Å²) in [6, 6.07) is 9.14. The summed E-state index contributed by atoms with van der Waals surface area (Å²) >= 11 is 0. The van der Waals surface area contributed by atoms with Crippen molar-refractivity contribution in [3.05, 3.63) is 48.3 Å². The number of hydrogen-bond acceptors (Lipinski definition) is 4. The van der Waals surface area contributed by atoms with Gasteiger partial charge in [0.15, 0.2) is 0 Å². The lowest BCUT2D eigenvalue weighted by Crippen LogP contribution is -2.18. The molecule has 0 saturated carbocycles. The summed E-state index contributed by atoms with van der Waals surface area (Å²) in [6.45, 7) is 0. The van der Waals surface area contributed by atoms with E-state index >= 15 is 0 Å². The Hall–Kier alpha value is -2.56. The van der Waals surface area contributed by atoms with Crippen molar-refractivity contribution in [2.75, 3.05) is 30.0 Å². The molecule has 5 heteroatoms. The molecule has 0 radical (unpaired) electrons. The molecule has 0 atom stereocenters. The normalized spacial score (nSPS) is 10.1. The van der Waals surface area contributed by atoms with Crippen molar-refractivity contribution in [1.29, 1.82) is 0 Å². The van der Waals surface area contributed by atoms with Gasteiger partial charge in [-0.3, -0.25) is 9.78 Å². The summed E-state index contributed by atoms with van der Waals surface area (Å²) in [7, 11) is 3.84. The van der Waals surface area contributed by atoms with Crippen LogP contribution in [0.15, 0.2) is 42.7 Å². The molecule has 3 N–H and O–H groups in total. The molecule has 0 bridgehead atoms. The van der Waals surface area contributed by atoms with Crippen molar-refractivity contribution < 1.29 is 4.79 Å². The highest BCUT2D eigenvalue weighted by atomic mass is 16.1. The Morgan fingerprint density at radius 2 is 1.95 bits per heavy atom.